The Balaban J connectivity index is 0.00000220. The topological polar surface area (TPSA) is 73.6 Å². The van der Waals surface area contributed by atoms with Crippen molar-refractivity contribution in [3.8, 4) is 11.5 Å². The molecule has 0 bridgehead atoms. The number of halogens is 1. The molecule has 0 radical (unpaired) electrons. The molecule has 21 heavy (non-hydrogen) atoms. The molecule has 1 fully saturated rings. The van der Waals surface area contributed by atoms with E-state index < -0.39 is 0 Å². The van der Waals surface area contributed by atoms with Crippen LogP contribution in [-0.4, -0.2) is 31.7 Å². The average molecular weight is 315 g/mol. The molecule has 118 valence electrons. The van der Waals surface area contributed by atoms with Gasteiger partial charge in [-0.1, -0.05) is 6.07 Å². The van der Waals surface area contributed by atoms with Crippen LogP contribution in [0.3, 0.4) is 0 Å². The van der Waals surface area contributed by atoms with Gasteiger partial charge in [0.25, 0.3) is 5.91 Å². The van der Waals surface area contributed by atoms with Gasteiger partial charge in [-0.15, -0.1) is 12.4 Å². The lowest BCUT2D eigenvalue weighted by atomic mass is 9.92. The fraction of sp³-hybridized carbons (Fsp3) is 0.533. The van der Waals surface area contributed by atoms with Gasteiger partial charge in [-0.05, 0) is 37.8 Å². The van der Waals surface area contributed by atoms with Crippen molar-refractivity contribution in [1.82, 2.24) is 5.32 Å². The first-order valence-electron chi connectivity index (χ1n) is 6.99. The van der Waals surface area contributed by atoms with Crippen LogP contribution in [-0.2, 0) is 4.79 Å². The van der Waals surface area contributed by atoms with Gasteiger partial charge >= 0.3 is 0 Å². The normalized spacial score (nSPS) is 21.0. The number of carbonyl (C=O) groups is 1. The van der Waals surface area contributed by atoms with Gasteiger partial charge in [0.2, 0.25) is 0 Å². The summed E-state index contributed by atoms with van der Waals surface area (Å²) in [4.78, 5) is 11.8. The van der Waals surface area contributed by atoms with E-state index in [1.54, 1.807) is 19.2 Å². The highest BCUT2D eigenvalue weighted by molar-refractivity contribution is 5.85. The fourth-order valence-corrected chi connectivity index (χ4v) is 2.37. The van der Waals surface area contributed by atoms with E-state index in [0.717, 1.165) is 25.7 Å². The number of nitrogens with two attached hydrogens (primary N) is 1. The third kappa shape index (κ3) is 5.81. The van der Waals surface area contributed by atoms with Crippen LogP contribution in [0.4, 0.5) is 0 Å². The first-order chi connectivity index (χ1) is 9.67. The lowest BCUT2D eigenvalue weighted by molar-refractivity contribution is -0.124. The summed E-state index contributed by atoms with van der Waals surface area (Å²) >= 11 is 0. The number of amides is 1. The molecular weight excluding hydrogens is 292 g/mol. The highest BCUT2D eigenvalue weighted by atomic mass is 35.5. The van der Waals surface area contributed by atoms with E-state index >= 15 is 0 Å². The van der Waals surface area contributed by atoms with Crippen LogP contribution in [0.5, 0.6) is 11.5 Å². The number of hydrogen-bond donors (Lipinski definition) is 2. The summed E-state index contributed by atoms with van der Waals surface area (Å²) in [5.41, 5.74) is 5.84. The van der Waals surface area contributed by atoms with Crippen molar-refractivity contribution in [2.45, 2.75) is 37.8 Å². The minimum absolute atomic E-state index is 0. The van der Waals surface area contributed by atoms with Crippen LogP contribution >= 0.6 is 12.4 Å². The lowest BCUT2D eigenvalue weighted by Crippen LogP contribution is -2.42. The molecule has 0 atom stereocenters. The second-order valence-electron chi connectivity index (χ2n) is 5.15. The van der Waals surface area contributed by atoms with Crippen molar-refractivity contribution in [3.63, 3.8) is 0 Å². The molecular formula is C15H23ClN2O3. The Morgan fingerprint density at radius 1 is 1.29 bits per heavy atom. The Hall–Kier alpha value is -1.46. The average Bonchev–Trinajstić information content (AvgIpc) is 2.48. The number of benzene rings is 1. The van der Waals surface area contributed by atoms with Gasteiger partial charge in [0.15, 0.2) is 6.61 Å². The Kier molecular flexibility index (Phi) is 7.32. The molecule has 1 aliphatic carbocycles. The molecule has 1 aliphatic rings. The molecule has 0 unspecified atom stereocenters. The summed E-state index contributed by atoms with van der Waals surface area (Å²) in [5.74, 6) is 1.25. The van der Waals surface area contributed by atoms with Crippen LogP contribution in [0.25, 0.3) is 0 Å². The SMILES string of the molecule is COc1cccc(OCC(=O)NC2CCC(N)CC2)c1.Cl. The Bertz CT molecular complexity index is 448. The maximum atomic E-state index is 11.8. The predicted octanol–water partition coefficient (Wildman–Crippen LogP) is 1.88. The quantitative estimate of drug-likeness (QED) is 0.870. The van der Waals surface area contributed by atoms with Crippen molar-refractivity contribution in [2.75, 3.05) is 13.7 Å². The van der Waals surface area contributed by atoms with Crippen LogP contribution in [0.15, 0.2) is 24.3 Å². The molecule has 6 heteroatoms. The van der Waals surface area contributed by atoms with Crippen LogP contribution in [0.2, 0.25) is 0 Å². The zero-order valence-corrected chi connectivity index (χ0v) is 13.0. The molecule has 5 nitrogen and oxygen atoms in total. The van der Waals surface area contributed by atoms with Crippen molar-refractivity contribution >= 4 is 18.3 Å². The number of nitrogens with one attached hydrogen (secondary N) is 1. The Morgan fingerprint density at radius 3 is 2.62 bits per heavy atom. The standard InChI is InChI=1S/C15H22N2O3.ClH/c1-19-13-3-2-4-14(9-13)20-10-15(18)17-12-7-5-11(16)6-8-12;/h2-4,9,11-12H,5-8,10,16H2,1H3,(H,17,18);1H. The fourth-order valence-electron chi connectivity index (χ4n) is 2.37. The molecule has 0 spiro atoms. The maximum Gasteiger partial charge on any atom is 0.258 e. The summed E-state index contributed by atoms with van der Waals surface area (Å²) < 4.78 is 10.6. The molecule has 0 aliphatic heterocycles. The van der Waals surface area contributed by atoms with E-state index in [0.29, 0.717) is 11.5 Å². The summed E-state index contributed by atoms with van der Waals surface area (Å²) in [7, 11) is 1.60. The molecule has 1 saturated carbocycles. The Labute approximate surface area is 131 Å². The van der Waals surface area contributed by atoms with Gasteiger partial charge in [-0.2, -0.15) is 0 Å². The third-order valence-corrected chi connectivity index (χ3v) is 3.55. The van der Waals surface area contributed by atoms with E-state index in [9.17, 15) is 4.79 Å². The molecule has 0 aromatic heterocycles. The third-order valence-electron chi connectivity index (χ3n) is 3.55. The monoisotopic (exact) mass is 314 g/mol. The maximum absolute atomic E-state index is 11.8. The number of methoxy groups -OCH3 is 1. The minimum Gasteiger partial charge on any atom is -0.497 e. The number of carbonyl (C=O) groups excluding carboxylic acids is 1. The Morgan fingerprint density at radius 2 is 1.95 bits per heavy atom. The summed E-state index contributed by atoms with van der Waals surface area (Å²) in [6.07, 6.45) is 3.85. The van der Waals surface area contributed by atoms with Crippen molar-refractivity contribution in [1.29, 1.82) is 0 Å². The number of rotatable bonds is 5. The van der Waals surface area contributed by atoms with E-state index in [4.69, 9.17) is 15.2 Å². The summed E-state index contributed by atoms with van der Waals surface area (Å²) in [6, 6.07) is 7.74. The van der Waals surface area contributed by atoms with Gasteiger partial charge < -0.3 is 20.5 Å². The molecule has 1 aromatic rings. The van der Waals surface area contributed by atoms with E-state index in [-0.39, 0.29) is 37.0 Å². The van der Waals surface area contributed by atoms with E-state index in [2.05, 4.69) is 5.32 Å². The largest absolute Gasteiger partial charge is 0.497 e. The van der Waals surface area contributed by atoms with Gasteiger partial charge in [-0.25, -0.2) is 0 Å². The van der Waals surface area contributed by atoms with Gasteiger partial charge in [0.05, 0.1) is 7.11 Å². The summed E-state index contributed by atoms with van der Waals surface area (Å²) in [6.45, 7) is 0.0235. The number of hydrogen-bond acceptors (Lipinski definition) is 4. The minimum atomic E-state index is -0.0895. The highest BCUT2D eigenvalue weighted by Gasteiger charge is 2.20. The molecule has 1 aromatic carbocycles. The van der Waals surface area contributed by atoms with Gasteiger partial charge in [0.1, 0.15) is 11.5 Å². The van der Waals surface area contributed by atoms with Crippen LogP contribution in [0, 0.1) is 0 Å². The highest BCUT2D eigenvalue weighted by Crippen LogP contribution is 2.19. The lowest BCUT2D eigenvalue weighted by Gasteiger charge is -2.26. The first-order valence-corrected chi connectivity index (χ1v) is 6.99. The molecule has 0 saturated heterocycles. The zero-order valence-electron chi connectivity index (χ0n) is 12.2. The smallest absolute Gasteiger partial charge is 0.258 e. The second-order valence-corrected chi connectivity index (χ2v) is 5.15. The second kappa shape index (κ2) is 8.74. The molecule has 0 heterocycles. The van der Waals surface area contributed by atoms with Gasteiger partial charge in [-0.3, -0.25) is 4.79 Å². The van der Waals surface area contributed by atoms with Crippen LogP contribution in [0.1, 0.15) is 25.7 Å². The van der Waals surface area contributed by atoms with Crippen molar-refractivity contribution < 1.29 is 14.3 Å². The zero-order chi connectivity index (χ0) is 14.4. The molecule has 3 N–H and O–H groups in total. The van der Waals surface area contributed by atoms with Crippen LogP contribution < -0.4 is 20.5 Å². The van der Waals surface area contributed by atoms with Gasteiger partial charge in [0, 0.05) is 18.2 Å². The van der Waals surface area contributed by atoms with Crippen molar-refractivity contribution in [2.24, 2.45) is 5.73 Å². The van der Waals surface area contributed by atoms with E-state index in [1.165, 1.54) is 0 Å². The number of ether oxygens (including phenoxy) is 2. The predicted molar refractivity (Wildman–Crippen MR) is 84.1 cm³/mol. The summed E-state index contributed by atoms with van der Waals surface area (Å²) in [5, 5.41) is 2.99. The first kappa shape index (κ1) is 17.6. The molecule has 2 rings (SSSR count). The van der Waals surface area contributed by atoms with E-state index in [1.807, 2.05) is 12.1 Å². The van der Waals surface area contributed by atoms with Crippen molar-refractivity contribution in [3.05, 3.63) is 24.3 Å². The molecule has 1 amide bonds.